The van der Waals surface area contributed by atoms with Crippen molar-refractivity contribution in [3.05, 3.63) is 40.7 Å². The van der Waals surface area contributed by atoms with Gasteiger partial charge in [-0.3, -0.25) is 19.9 Å². The van der Waals surface area contributed by atoms with Gasteiger partial charge in [-0.2, -0.15) is 0 Å². The van der Waals surface area contributed by atoms with E-state index in [1.807, 2.05) is 0 Å². The molecule has 0 saturated heterocycles. The van der Waals surface area contributed by atoms with Gasteiger partial charge in [-0.1, -0.05) is 0 Å². The van der Waals surface area contributed by atoms with Gasteiger partial charge in [-0.15, -0.1) is 0 Å². The summed E-state index contributed by atoms with van der Waals surface area (Å²) in [5, 5.41) is 24.2. The third kappa shape index (κ3) is 2.91. The number of nitro benzene ring substituents is 1. The van der Waals surface area contributed by atoms with Crippen LogP contribution in [0.2, 0.25) is 0 Å². The molecule has 0 aliphatic carbocycles. The Kier molecular flexibility index (Phi) is 3.75. The predicted molar refractivity (Wildman–Crippen MR) is 78.3 cm³/mol. The van der Waals surface area contributed by atoms with Gasteiger partial charge in [0.25, 0.3) is 5.69 Å². The lowest BCUT2D eigenvalue weighted by Gasteiger charge is -2.20. The normalized spacial score (nSPS) is 11.3. The number of fused-ring (bicyclic) bond motifs is 1. The Hall–Kier alpha value is -2.70. The molecule has 0 aliphatic heterocycles. The smallest absolute Gasteiger partial charge is 0.310 e. The highest BCUT2D eigenvalue weighted by atomic mass is 16.6. The van der Waals surface area contributed by atoms with E-state index in [4.69, 9.17) is 5.11 Å². The van der Waals surface area contributed by atoms with Crippen molar-refractivity contribution >= 4 is 28.1 Å². The molecule has 0 saturated carbocycles. The second-order valence-electron chi connectivity index (χ2n) is 5.35. The molecular formula is C14H15N3O4. The molecule has 0 spiro atoms. The summed E-state index contributed by atoms with van der Waals surface area (Å²) in [5.41, 5.74) is -0.329. The standard InChI is InChI=1S/C14H15N3O4/c1-14(2,13(18)19)8-16-11-3-4-12(17(20)21)9-5-6-15-7-10(9)11/h3-7,16H,8H2,1-2H3,(H,18,19). The Labute approximate surface area is 120 Å². The van der Waals surface area contributed by atoms with Crippen molar-refractivity contribution in [3.8, 4) is 0 Å². The zero-order chi connectivity index (χ0) is 15.6. The van der Waals surface area contributed by atoms with Crippen molar-refractivity contribution in [2.24, 2.45) is 5.41 Å². The van der Waals surface area contributed by atoms with E-state index < -0.39 is 16.3 Å². The summed E-state index contributed by atoms with van der Waals surface area (Å²) < 4.78 is 0. The summed E-state index contributed by atoms with van der Waals surface area (Å²) in [5.74, 6) is -0.917. The number of rotatable bonds is 5. The summed E-state index contributed by atoms with van der Waals surface area (Å²) in [7, 11) is 0. The summed E-state index contributed by atoms with van der Waals surface area (Å²) in [4.78, 5) is 25.7. The van der Waals surface area contributed by atoms with Gasteiger partial charge in [0.15, 0.2) is 0 Å². The number of aromatic nitrogens is 1. The van der Waals surface area contributed by atoms with Crippen molar-refractivity contribution < 1.29 is 14.8 Å². The number of aliphatic carboxylic acids is 1. The van der Waals surface area contributed by atoms with Gasteiger partial charge in [0, 0.05) is 36.1 Å². The first-order valence-electron chi connectivity index (χ1n) is 6.31. The maximum Gasteiger partial charge on any atom is 0.310 e. The van der Waals surface area contributed by atoms with Gasteiger partial charge in [0.05, 0.1) is 15.7 Å². The molecule has 1 heterocycles. The van der Waals surface area contributed by atoms with Crippen LogP contribution in [0.25, 0.3) is 10.8 Å². The quantitative estimate of drug-likeness (QED) is 0.647. The van der Waals surface area contributed by atoms with E-state index in [2.05, 4.69) is 10.3 Å². The van der Waals surface area contributed by atoms with E-state index in [0.29, 0.717) is 16.5 Å². The number of carboxylic acids is 1. The number of hydrogen-bond donors (Lipinski definition) is 2. The Morgan fingerprint density at radius 1 is 1.38 bits per heavy atom. The summed E-state index contributed by atoms with van der Waals surface area (Å²) >= 11 is 0. The monoisotopic (exact) mass is 289 g/mol. The zero-order valence-electron chi connectivity index (χ0n) is 11.7. The lowest BCUT2D eigenvalue weighted by Crippen LogP contribution is -2.31. The Balaban J connectivity index is 2.40. The van der Waals surface area contributed by atoms with Gasteiger partial charge >= 0.3 is 5.97 Å². The largest absolute Gasteiger partial charge is 0.481 e. The Bertz CT molecular complexity index is 712. The lowest BCUT2D eigenvalue weighted by molar-refractivity contribution is -0.383. The summed E-state index contributed by atoms with van der Waals surface area (Å²) in [6, 6.07) is 4.54. The Morgan fingerprint density at radius 2 is 2.10 bits per heavy atom. The summed E-state index contributed by atoms with van der Waals surface area (Å²) in [6.07, 6.45) is 3.01. The first-order chi connectivity index (χ1) is 9.83. The van der Waals surface area contributed by atoms with E-state index in [1.54, 1.807) is 26.0 Å². The number of non-ortho nitro benzene ring substituents is 1. The molecule has 7 nitrogen and oxygen atoms in total. The number of nitrogens with zero attached hydrogens (tertiary/aromatic N) is 2. The van der Waals surface area contributed by atoms with Crippen LogP contribution in [0.4, 0.5) is 11.4 Å². The van der Waals surface area contributed by atoms with Crippen LogP contribution >= 0.6 is 0 Å². The predicted octanol–water partition coefficient (Wildman–Crippen LogP) is 2.67. The Morgan fingerprint density at radius 3 is 2.71 bits per heavy atom. The number of carbonyl (C=O) groups is 1. The molecule has 0 radical (unpaired) electrons. The number of nitro groups is 1. The van der Waals surface area contributed by atoms with Gasteiger partial charge in [-0.05, 0) is 26.0 Å². The van der Waals surface area contributed by atoms with Crippen LogP contribution in [0.5, 0.6) is 0 Å². The lowest BCUT2D eigenvalue weighted by atomic mass is 9.93. The average Bonchev–Trinajstić information content (AvgIpc) is 2.44. The topological polar surface area (TPSA) is 105 Å². The molecule has 0 amide bonds. The molecule has 0 fully saturated rings. The van der Waals surface area contributed by atoms with Crippen molar-refractivity contribution in [3.63, 3.8) is 0 Å². The fourth-order valence-electron chi connectivity index (χ4n) is 1.88. The number of nitrogens with one attached hydrogen (secondary N) is 1. The number of hydrogen-bond acceptors (Lipinski definition) is 5. The van der Waals surface area contributed by atoms with Crippen LogP contribution in [-0.2, 0) is 4.79 Å². The van der Waals surface area contributed by atoms with Crippen LogP contribution in [0, 0.1) is 15.5 Å². The van der Waals surface area contributed by atoms with Crippen LogP contribution in [0.3, 0.4) is 0 Å². The molecule has 2 N–H and O–H groups in total. The molecular weight excluding hydrogens is 274 g/mol. The van der Waals surface area contributed by atoms with Crippen LogP contribution in [0.1, 0.15) is 13.8 Å². The third-order valence-corrected chi connectivity index (χ3v) is 3.29. The maximum absolute atomic E-state index is 11.1. The third-order valence-electron chi connectivity index (χ3n) is 3.29. The first-order valence-corrected chi connectivity index (χ1v) is 6.31. The van der Waals surface area contributed by atoms with Crippen LogP contribution in [-0.4, -0.2) is 27.5 Å². The fourth-order valence-corrected chi connectivity index (χ4v) is 1.88. The highest BCUT2D eigenvalue weighted by molar-refractivity contribution is 5.99. The molecule has 110 valence electrons. The van der Waals surface area contributed by atoms with Gasteiger partial charge in [0.1, 0.15) is 0 Å². The molecule has 1 aromatic heterocycles. The highest BCUT2D eigenvalue weighted by Crippen LogP contribution is 2.31. The van der Waals surface area contributed by atoms with E-state index in [-0.39, 0.29) is 12.2 Å². The van der Waals surface area contributed by atoms with Crippen molar-refractivity contribution in [2.75, 3.05) is 11.9 Å². The SMILES string of the molecule is CC(C)(CNc1ccc([N+](=O)[O-])c2ccncc12)C(=O)O. The number of carboxylic acid groups (broad SMARTS) is 1. The second kappa shape index (κ2) is 5.35. The molecule has 0 bridgehead atoms. The highest BCUT2D eigenvalue weighted by Gasteiger charge is 2.27. The van der Waals surface area contributed by atoms with Crippen LogP contribution < -0.4 is 5.32 Å². The first kappa shape index (κ1) is 14.7. The number of benzene rings is 1. The van der Waals surface area contributed by atoms with E-state index in [0.717, 1.165) is 0 Å². The van der Waals surface area contributed by atoms with Gasteiger partial charge in [0.2, 0.25) is 0 Å². The maximum atomic E-state index is 11.1. The molecule has 1 aromatic carbocycles. The molecule has 2 aromatic rings. The van der Waals surface area contributed by atoms with Crippen LogP contribution in [0.15, 0.2) is 30.6 Å². The fraction of sp³-hybridized carbons (Fsp3) is 0.286. The molecule has 21 heavy (non-hydrogen) atoms. The van der Waals surface area contributed by atoms with Crippen molar-refractivity contribution in [1.82, 2.24) is 4.98 Å². The van der Waals surface area contributed by atoms with Crippen molar-refractivity contribution in [1.29, 1.82) is 0 Å². The minimum absolute atomic E-state index is 0.00422. The van der Waals surface area contributed by atoms with E-state index in [9.17, 15) is 14.9 Å². The average molecular weight is 289 g/mol. The summed E-state index contributed by atoms with van der Waals surface area (Å²) in [6.45, 7) is 3.41. The molecule has 2 rings (SSSR count). The second-order valence-corrected chi connectivity index (χ2v) is 5.35. The number of anilines is 1. The molecule has 7 heteroatoms. The van der Waals surface area contributed by atoms with Gasteiger partial charge < -0.3 is 10.4 Å². The molecule has 0 atom stereocenters. The zero-order valence-corrected chi connectivity index (χ0v) is 11.7. The van der Waals surface area contributed by atoms with Crippen molar-refractivity contribution in [2.45, 2.75) is 13.8 Å². The van der Waals surface area contributed by atoms with E-state index in [1.165, 1.54) is 18.5 Å². The minimum Gasteiger partial charge on any atom is -0.481 e. The minimum atomic E-state index is -0.948. The molecule has 0 unspecified atom stereocenters. The number of pyridine rings is 1. The van der Waals surface area contributed by atoms with E-state index >= 15 is 0 Å². The molecule has 0 aliphatic rings. The van der Waals surface area contributed by atoms with Gasteiger partial charge in [-0.25, -0.2) is 0 Å².